The van der Waals surface area contributed by atoms with Crippen LogP contribution in [0.3, 0.4) is 0 Å². The maximum atomic E-state index is 5.85. The third-order valence-electron chi connectivity index (χ3n) is 2.60. The Morgan fingerprint density at radius 2 is 2.27 bits per heavy atom. The van der Waals surface area contributed by atoms with Gasteiger partial charge >= 0.3 is 0 Å². The van der Waals surface area contributed by atoms with Gasteiger partial charge in [-0.05, 0) is 12.8 Å². The topological polar surface area (TPSA) is 44.5 Å². The summed E-state index contributed by atoms with van der Waals surface area (Å²) in [4.78, 5) is 0. The SMILES string of the molecule is N[C@@H]1CCO[C@]2(CCOC2)C1. The van der Waals surface area contributed by atoms with E-state index in [2.05, 4.69) is 0 Å². The Labute approximate surface area is 66.8 Å². The van der Waals surface area contributed by atoms with Gasteiger partial charge in [0.25, 0.3) is 0 Å². The highest BCUT2D eigenvalue weighted by Crippen LogP contribution is 2.31. The van der Waals surface area contributed by atoms with Crippen LogP contribution in [0.2, 0.25) is 0 Å². The molecule has 0 amide bonds. The van der Waals surface area contributed by atoms with Crippen LogP contribution >= 0.6 is 0 Å². The zero-order valence-corrected chi connectivity index (χ0v) is 6.71. The summed E-state index contributed by atoms with van der Waals surface area (Å²) in [6.07, 6.45) is 3.01. The van der Waals surface area contributed by atoms with Crippen molar-refractivity contribution in [3.8, 4) is 0 Å². The Hall–Kier alpha value is -0.120. The quantitative estimate of drug-likeness (QED) is 0.549. The number of ether oxygens (including phenoxy) is 2. The lowest BCUT2D eigenvalue weighted by Crippen LogP contribution is -2.45. The summed E-state index contributed by atoms with van der Waals surface area (Å²) in [5.41, 5.74) is 5.85. The Morgan fingerprint density at radius 1 is 1.36 bits per heavy atom. The molecule has 64 valence electrons. The minimum atomic E-state index is -0.00231. The van der Waals surface area contributed by atoms with E-state index in [4.69, 9.17) is 15.2 Å². The second-order valence-electron chi connectivity index (χ2n) is 3.59. The predicted octanol–water partition coefficient (Wildman–Crippen LogP) is 0.283. The minimum Gasteiger partial charge on any atom is -0.378 e. The highest BCUT2D eigenvalue weighted by molar-refractivity contribution is 4.91. The first-order chi connectivity index (χ1) is 5.31. The number of hydrogen-bond acceptors (Lipinski definition) is 3. The molecule has 0 bridgehead atoms. The monoisotopic (exact) mass is 157 g/mol. The van der Waals surface area contributed by atoms with E-state index < -0.39 is 0 Å². The summed E-state index contributed by atoms with van der Waals surface area (Å²) in [6.45, 7) is 2.40. The zero-order chi connectivity index (χ0) is 7.73. The van der Waals surface area contributed by atoms with Gasteiger partial charge in [0.1, 0.15) is 0 Å². The van der Waals surface area contributed by atoms with Gasteiger partial charge in [0.05, 0.1) is 12.2 Å². The normalized spacial score (nSPS) is 45.0. The predicted molar refractivity (Wildman–Crippen MR) is 41.3 cm³/mol. The fourth-order valence-electron chi connectivity index (χ4n) is 1.93. The molecule has 3 heteroatoms. The molecule has 3 nitrogen and oxygen atoms in total. The summed E-state index contributed by atoms with van der Waals surface area (Å²) in [6, 6.07) is 0.324. The van der Waals surface area contributed by atoms with Crippen LogP contribution in [-0.4, -0.2) is 31.5 Å². The van der Waals surface area contributed by atoms with Gasteiger partial charge < -0.3 is 15.2 Å². The van der Waals surface area contributed by atoms with Gasteiger partial charge in [0.15, 0.2) is 0 Å². The molecule has 11 heavy (non-hydrogen) atoms. The number of nitrogens with two attached hydrogens (primary N) is 1. The number of rotatable bonds is 0. The minimum absolute atomic E-state index is 0.00231. The molecule has 2 aliphatic rings. The molecule has 2 fully saturated rings. The van der Waals surface area contributed by atoms with Gasteiger partial charge in [-0.3, -0.25) is 0 Å². The Bertz CT molecular complexity index is 143. The first-order valence-corrected chi connectivity index (χ1v) is 4.28. The van der Waals surface area contributed by atoms with Gasteiger partial charge in [-0.25, -0.2) is 0 Å². The second kappa shape index (κ2) is 2.73. The molecular weight excluding hydrogens is 142 g/mol. The summed E-state index contributed by atoms with van der Waals surface area (Å²) >= 11 is 0. The van der Waals surface area contributed by atoms with E-state index in [0.717, 1.165) is 39.1 Å². The van der Waals surface area contributed by atoms with Crippen molar-refractivity contribution in [1.82, 2.24) is 0 Å². The van der Waals surface area contributed by atoms with Gasteiger partial charge in [-0.2, -0.15) is 0 Å². The van der Waals surface area contributed by atoms with Crippen LogP contribution < -0.4 is 5.73 Å². The van der Waals surface area contributed by atoms with Crippen LogP contribution in [0, 0.1) is 0 Å². The van der Waals surface area contributed by atoms with Crippen molar-refractivity contribution in [2.75, 3.05) is 19.8 Å². The van der Waals surface area contributed by atoms with E-state index in [1.807, 2.05) is 0 Å². The molecule has 2 saturated heterocycles. The van der Waals surface area contributed by atoms with Gasteiger partial charge in [-0.15, -0.1) is 0 Å². The van der Waals surface area contributed by atoms with E-state index in [-0.39, 0.29) is 5.60 Å². The standard InChI is InChI=1S/C8H15NO2/c9-7-1-3-11-8(5-7)2-4-10-6-8/h7H,1-6,9H2/t7-,8-/m1/s1. The molecule has 0 saturated carbocycles. The molecule has 0 aromatic carbocycles. The maximum Gasteiger partial charge on any atom is 0.0951 e. The van der Waals surface area contributed by atoms with E-state index in [1.54, 1.807) is 0 Å². The molecule has 0 unspecified atom stereocenters. The van der Waals surface area contributed by atoms with Crippen molar-refractivity contribution < 1.29 is 9.47 Å². The highest BCUT2D eigenvalue weighted by Gasteiger charge is 2.39. The van der Waals surface area contributed by atoms with Crippen molar-refractivity contribution in [2.45, 2.75) is 30.9 Å². The van der Waals surface area contributed by atoms with Crippen molar-refractivity contribution in [2.24, 2.45) is 5.73 Å². The smallest absolute Gasteiger partial charge is 0.0951 e. The molecule has 0 aliphatic carbocycles. The molecule has 2 atom stereocenters. The van der Waals surface area contributed by atoms with Crippen molar-refractivity contribution in [3.05, 3.63) is 0 Å². The average Bonchev–Trinajstić information content (AvgIpc) is 2.37. The Morgan fingerprint density at radius 3 is 2.91 bits per heavy atom. The fraction of sp³-hybridized carbons (Fsp3) is 1.00. The molecule has 1 spiro atoms. The van der Waals surface area contributed by atoms with Crippen molar-refractivity contribution >= 4 is 0 Å². The van der Waals surface area contributed by atoms with Gasteiger partial charge in [0, 0.05) is 25.7 Å². The Kier molecular flexibility index (Phi) is 1.87. The summed E-state index contributed by atoms with van der Waals surface area (Å²) in [5, 5.41) is 0. The third-order valence-corrected chi connectivity index (χ3v) is 2.60. The van der Waals surface area contributed by atoms with E-state index in [1.165, 1.54) is 0 Å². The van der Waals surface area contributed by atoms with Gasteiger partial charge in [-0.1, -0.05) is 0 Å². The van der Waals surface area contributed by atoms with Crippen molar-refractivity contribution in [1.29, 1.82) is 0 Å². The molecule has 2 heterocycles. The fourth-order valence-corrected chi connectivity index (χ4v) is 1.93. The molecule has 2 N–H and O–H groups in total. The molecule has 0 radical (unpaired) electrons. The molecule has 0 aromatic heterocycles. The third kappa shape index (κ3) is 1.41. The molecule has 0 aromatic rings. The van der Waals surface area contributed by atoms with E-state index >= 15 is 0 Å². The first-order valence-electron chi connectivity index (χ1n) is 4.28. The summed E-state index contributed by atoms with van der Waals surface area (Å²) in [5.74, 6) is 0. The Balaban J connectivity index is 2.00. The lowest BCUT2D eigenvalue weighted by atomic mass is 9.90. The van der Waals surface area contributed by atoms with Gasteiger partial charge in [0.2, 0.25) is 0 Å². The maximum absolute atomic E-state index is 5.85. The molecule has 2 aliphatic heterocycles. The van der Waals surface area contributed by atoms with Crippen molar-refractivity contribution in [3.63, 3.8) is 0 Å². The van der Waals surface area contributed by atoms with E-state index in [9.17, 15) is 0 Å². The van der Waals surface area contributed by atoms with Crippen LogP contribution in [0.4, 0.5) is 0 Å². The average molecular weight is 157 g/mol. The summed E-state index contributed by atoms with van der Waals surface area (Å²) in [7, 11) is 0. The largest absolute Gasteiger partial charge is 0.378 e. The molecular formula is C8H15NO2. The second-order valence-corrected chi connectivity index (χ2v) is 3.59. The van der Waals surface area contributed by atoms with Crippen LogP contribution in [0.25, 0.3) is 0 Å². The first kappa shape index (κ1) is 7.53. The van der Waals surface area contributed by atoms with Crippen LogP contribution in [-0.2, 0) is 9.47 Å². The lowest BCUT2D eigenvalue weighted by molar-refractivity contribution is -0.0851. The zero-order valence-electron chi connectivity index (χ0n) is 6.71. The van der Waals surface area contributed by atoms with Crippen LogP contribution in [0.1, 0.15) is 19.3 Å². The lowest BCUT2D eigenvalue weighted by Gasteiger charge is -2.35. The highest BCUT2D eigenvalue weighted by atomic mass is 16.6. The van der Waals surface area contributed by atoms with Crippen LogP contribution in [0.5, 0.6) is 0 Å². The molecule has 2 rings (SSSR count). The van der Waals surface area contributed by atoms with Crippen LogP contribution in [0.15, 0.2) is 0 Å². The number of hydrogen-bond donors (Lipinski definition) is 1. The van der Waals surface area contributed by atoms with E-state index in [0.29, 0.717) is 6.04 Å². The summed E-state index contributed by atoms with van der Waals surface area (Å²) < 4.78 is 11.0.